The van der Waals surface area contributed by atoms with Crippen molar-refractivity contribution in [1.82, 2.24) is 4.90 Å². The Morgan fingerprint density at radius 2 is 2.18 bits per heavy atom. The smallest absolute Gasteiger partial charge is 0.239 e. The molecule has 3 heterocycles. The number of carbonyl (C=O) groups excluding carboxylic acids is 1. The Hall–Kier alpha value is -1.68. The lowest BCUT2D eigenvalue weighted by Crippen LogP contribution is -2.41. The standard InChI is InChI=1S/C22H25N3OS2/c1-13-2-5-15-17(11-23)22(28-19(15)10-13)24-20(26)12-25-8-6-18-16(7-9-27-18)21(25)14-3-4-14/h7,9,13-14,21H,2-6,8,10,12H2,1H3,(H,24,26)/t13-,21-/m0/s1. The Kier molecular flexibility index (Phi) is 4.78. The fourth-order valence-electron chi connectivity index (χ4n) is 4.85. The van der Waals surface area contributed by atoms with E-state index in [1.807, 2.05) is 11.3 Å². The van der Waals surface area contributed by atoms with E-state index in [-0.39, 0.29) is 5.91 Å². The van der Waals surface area contributed by atoms with Crippen molar-refractivity contribution in [3.63, 3.8) is 0 Å². The van der Waals surface area contributed by atoms with E-state index in [1.165, 1.54) is 33.7 Å². The van der Waals surface area contributed by atoms with Crippen molar-refractivity contribution in [1.29, 1.82) is 5.26 Å². The summed E-state index contributed by atoms with van der Waals surface area (Å²) in [6.45, 7) is 3.63. The second-order valence-electron chi connectivity index (χ2n) is 8.52. The van der Waals surface area contributed by atoms with Crippen LogP contribution in [0.4, 0.5) is 5.00 Å². The van der Waals surface area contributed by atoms with E-state index >= 15 is 0 Å². The number of carbonyl (C=O) groups is 1. The van der Waals surface area contributed by atoms with E-state index in [1.54, 1.807) is 11.3 Å². The van der Waals surface area contributed by atoms with Crippen LogP contribution in [0.1, 0.15) is 58.7 Å². The number of thiophene rings is 2. The number of anilines is 1. The molecule has 0 aromatic carbocycles. The van der Waals surface area contributed by atoms with Crippen LogP contribution in [0.25, 0.3) is 0 Å². The molecule has 1 aliphatic heterocycles. The minimum Gasteiger partial charge on any atom is -0.315 e. The average molecular weight is 412 g/mol. The van der Waals surface area contributed by atoms with Crippen molar-refractivity contribution in [2.45, 2.75) is 51.5 Å². The molecule has 3 aliphatic rings. The molecule has 1 saturated carbocycles. The summed E-state index contributed by atoms with van der Waals surface area (Å²) < 4.78 is 0. The molecule has 1 fully saturated rings. The number of nitrogens with zero attached hydrogens (tertiary/aromatic N) is 2. The van der Waals surface area contributed by atoms with Gasteiger partial charge in [0, 0.05) is 22.3 Å². The maximum absolute atomic E-state index is 12.9. The van der Waals surface area contributed by atoms with Gasteiger partial charge in [-0.1, -0.05) is 6.92 Å². The quantitative estimate of drug-likeness (QED) is 0.790. The zero-order valence-corrected chi connectivity index (χ0v) is 17.8. The van der Waals surface area contributed by atoms with Gasteiger partial charge in [-0.25, -0.2) is 0 Å². The van der Waals surface area contributed by atoms with Crippen LogP contribution >= 0.6 is 22.7 Å². The monoisotopic (exact) mass is 411 g/mol. The molecule has 4 nitrogen and oxygen atoms in total. The highest BCUT2D eigenvalue weighted by molar-refractivity contribution is 7.16. The van der Waals surface area contributed by atoms with Crippen LogP contribution in [0, 0.1) is 23.2 Å². The predicted octanol–water partition coefficient (Wildman–Crippen LogP) is 4.75. The van der Waals surface area contributed by atoms with E-state index in [4.69, 9.17) is 0 Å². The highest BCUT2D eigenvalue weighted by Crippen LogP contribution is 2.48. The van der Waals surface area contributed by atoms with Gasteiger partial charge in [0.1, 0.15) is 11.1 Å². The van der Waals surface area contributed by atoms with Crippen molar-refractivity contribution in [3.05, 3.63) is 37.9 Å². The van der Waals surface area contributed by atoms with Crippen LogP contribution in [-0.4, -0.2) is 23.9 Å². The van der Waals surface area contributed by atoms with Gasteiger partial charge in [-0.05, 0) is 72.9 Å². The zero-order valence-electron chi connectivity index (χ0n) is 16.2. The zero-order chi connectivity index (χ0) is 19.3. The molecule has 2 aromatic rings. The van der Waals surface area contributed by atoms with E-state index in [9.17, 15) is 10.1 Å². The molecule has 5 rings (SSSR count). The summed E-state index contributed by atoms with van der Waals surface area (Å²) in [6.07, 6.45) is 6.70. The fraction of sp³-hybridized carbons (Fsp3) is 0.545. The summed E-state index contributed by atoms with van der Waals surface area (Å²) in [7, 11) is 0. The molecule has 0 saturated heterocycles. The Bertz CT molecular complexity index is 950. The van der Waals surface area contributed by atoms with E-state index in [0.29, 0.717) is 30.0 Å². The predicted molar refractivity (Wildman–Crippen MR) is 114 cm³/mol. The summed E-state index contributed by atoms with van der Waals surface area (Å²) in [5, 5.41) is 15.7. The summed E-state index contributed by atoms with van der Waals surface area (Å²) in [5.41, 5.74) is 3.33. The number of fused-ring (bicyclic) bond motifs is 2. The normalized spacial score (nSPS) is 24.3. The van der Waals surface area contributed by atoms with E-state index in [2.05, 4.69) is 34.7 Å². The van der Waals surface area contributed by atoms with Gasteiger partial charge in [-0.15, -0.1) is 22.7 Å². The molecule has 6 heteroatoms. The van der Waals surface area contributed by atoms with Crippen molar-refractivity contribution in [3.8, 4) is 6.07 Å². The second-order valence-corrected chi connectivity index (χ2v) is 10.6. The molecule has 2 aliphatic carbocycles. The summed E-state index contributed by atoms with van der Waals surface area (Å²) in [4.78, 5) is 18.1. The van der Waals surface area contributed by atoms with E-state index in [0.717, 1.165) is 37.2 Å². The van der Waals surface area contributed by atoms with Gasteiger partial charge >= 0.3 is 0 Å². The van der Waals surface area contributed by atoms with Crippen molar-refractivity contribution >= 4 is 33.6 Å². The molecule has 0 radical (unpaired) electrons. The first-order valence-corrected chi connectivity index (χ1v) is 12.0. The van der Waals surface area contributed by atoms with Crippen LogP contribution in [0.2, 0.25) is 0 Å². The summed E-state index contributed by atoms with van der Waals surface area (Å²) >= 11 is 3.48. The Balaban J connectivity index is 1.32. The lowest BCUT2D eigenvalue weighted by atomic mass is 9.89. The molecular formula is C22H25N3OS2. The van der Waals surface area contributed by atoms with Crippen molar-refractivity contribution < 1.29 is 4.79 Å². The number of amides is 1. The van der Waals surface area contributed by atoms with Crippen molar-refractivity contribution in [2.24, 2.45) is 11.8 Å². The lowest BCUT2D eigenvalue weighted by molar-refractivity contribution is -0.118. The van der Waals surface area contributed by atoms with Gasteiger partial charge in [-0.3, -0.25) is 9.69 Å². The molecule has 146 valence electrons. The Morgan fingerprint density at radius 1 is 1.32 bits per heavy atom. The minimum absolute atomic E-state index is 0.0208. The van der Waals surface area contributed by atoms with Crippen LogP contribution in [0.15, 0.2) is 11.4 Å². The minimum atomic E-state index is 0.0208. The molecule has 1 N–H and O–H groups in total. The Morgan fingerprint density at radius 3 is 2.96 bits per heavy atom. The molecule has 28 heavy (non-hydrogen) atoms. The summed E-state index contributed by atoms with van der Waals surface area (Å²) in [6, 6.07) is 5.01. The molecule has 2 aromatic heterocycles. The maximum Gasteiger partial charge on any atom is 0.239 e. The molecular weight excluding hydrogens is 386 g/mol. The van der Waals surface area contributed by atoms with Gasteiger partial charge in [-0.2, -0.15) is 5.26 Å². The van der Waals surface area contributed by atoms with Gasteiger partial charge in [0.2, 0.25) is 5.91 Å². The van der Waals surface area contributed by atoms with Crippen LogP contribution in [0.3, 0.4) is 0 Å². The van der Waals surface area contributed by atoms with Gasteiger partial charge in [0.05, 0.1) is 12.1 Å². The highest BCUT2D eigenvalue weighted by atomic mass is 32.1. The number of hydrogen-bond acceptors (Lipinski definition) is 5. The van der Waals surface area contributed by atoms with Crippen molar-refractivity contribution in [2.75, 3.05) is 18.4 Å². The molecule has 0 spiro atoms. The van der Waals surface area contributed by atoms with Gasteiger partial charge in [0.15, 0.2) is 0 Å². The van der Waals surface area contributed by atoms with Crippen LogP contribution in [-0.2, 0) is 24.1 Å². The topological polar surface area (TPSA) is 56.1 Å². The van der Waals surface area contributed by atoms with Crippen LogP contribution < -0.4 is 5.32 Å². The Labute approximate surface area is 174 Å². The third kappa shape index (κ3) is 3.30. The molecule has 1 amide bonds. The number of hydrogen-bond donors (Lipinski definition) is 1. The number of rotatable bonds is 4. The van der Waals surface area contributed by atoms with Crippen LogP contribution in [0.5, 0.6) is 0 Å². The summed E-state index contributed by atoms with van der Waals surface area (Å²) in [5.74, 6) is 1.38. The average Bonchev–Trinajstić information content (AvgIpc) is 3.29. The third-order valence-corrected chi connectivity index (χ3v) is 8.58. The largest absolute Gasteiger partial charge is 0.315 e. The molecule has 2 atom stereocenters. The second kappa shape index (κ2) is 7.29. The van der Waals surface area contributed by atoms with Gasteiger partial charge in [0.25, 0.3) is 0 Å². The first-order chi connectivity index (χ1) is 13.6. The first-order valence-electron chi connectivity index (χ1n) is 10.3. The molecule has 0 unspecified atom stereocenters. The maximum atomic E-state index is 12.9. The SMILES string of the molecule is C[C@H]1CCc2c(sc(NC(=O)CN3CCc4sccc4[C@@H]3C3CC3)c2C#N)C1. The highest BCUT2D eigenvalue weighted by Gasteiger charge is 2.40. The third-order valence-electron chi connectivity index (χ3n) is 6.41. The lowest BCUT2D eigenvalue weighted by Gasteiger charge is -2.35. The number of nitriles is 1. The fourth-order valence-corrected chi connectivity index (χ4v) is 7.14. The number of nitrogens with one attached hydrogen (secondary N) is 1. The van der Waals surface area contributed by atoms with E-state index < -0.39 is 0 Å². The van der Waals surface area contributed by atoms with Gasteiger partial charge < -0.3 is 5.32 Å². The molecule has 0 bridgehead atoms. The first kappa shape index (κ1) is 18.4.